The second-order valence-electron chi connectivity index (χ2n) is 4.78. The van der Waals surface area contributed by atoms with E-state index in [9.17, 15) is 4.39 Å². The summed E-state index contributed by atoms with van der Waals surface area (Å²) >= 11 is 5.81. The van der Waals surface area contributed by atoms with Crippen LogP contribution in [-0.4, -0.2) is 47.1 Å². The van der Waals surface area contributed by atoms with Gasteiger partial charge in [0.25, 0.3) is 0 Å². The number of likely N-dealkylation sites (N-methyl/N-ethyl adjacent to an activating group) is 1. The Kier molecular flexibility index (Phi) is 4.07. The number of halogens is 2. The molecule has 1 aromatic rings. The summed E-state index contributed by atoms with van der Waals surface area (Å²) < 4.78 is 14.3. The standard InChI is InChI=1S/C11H18ClFN6/c1-6-7(2)19(5-4-18(6)3)10-8(13)9(17-14)15-11(12)16-10/h6-7H,4-5,14H2,1-3H3,(H,15,16,17)/t6-,7+/m1/s1. The summed E-state index contributed by atoms with van der Waals surface area (Å²) in [4.78, 5) is 11.8. The number of piperazine rings is 1. The molecule has 1 aliphatic rings. The van der Waals surface area contributed by atoms with Crippen molar-refractivity contribution < 1.29 is 4.39 Å². The molecule has 19 heavy (non-hydrogen) atoms. The smallest absolute Gasteiger partial charge is 0.226 e. The van der Waals surface area contributed by atoms with Crippen molar-refractivity contribution in [3.63, 3.8) is 0 Å². The number of aromatic nitrogens is 2. The molecule has 1 fully saturated rings. The van der Waals surface area contributed by atoms with Gasteiger partial charge in [0.2, 0.25) is 11.1 Å². The van der Waals surface area contributed by atoms with Crippen LogP contribution >= 0.6 is 11.6 Å². The van der Waals surface area contributed by atoms with Crippen LogP contribution in [0.4, 0.5) is 16.0 Å². The topological polar surface area (TPSA) is 70.3 Å². The minimum atomic E-state index is -0.574. The second-order valence-corrected chi connectivity index (χ2v) is 5.12. The summed E-state index contributed by atoms with van der Waals surface area (Å²) in [6.07, 6.45) is 0. The third kappa shape index (κ3) is 2.58. The second kappa shape index (κ2) is 5.44. The SMILES string of the molecule is C[C@@H]1[C@H](C)N(c2nc(Cl)nc(NN)c2F)CCN1C. The highest BCUT2D eigenvalue weighted by Crippen LogP contribution is 2.28. The van der Waals surface area contributed by atoms with Gasteiger partial charge in [-0.1, -0.05) is 0 Å². The van der Waals surface area contributed by atoms with Gasteiger partial charge in [0.1, 0.15) is 0 Å². The number of nitrogens with two attached hydrogens (primary N) is 1. The lowest BCUT2D eigenvalue weighted by Crippen LogP contribution is -2.56. The molecular formula is C11H18ClFN6. The number of hydrogen-bond donors (Lipinski definition) is 2. The Bertz CT molecular complexity index is 471. The Morgan fingerprint density at radius 3 is 2.63 bits per heavy atom. The highest BCUT2D eigenvalue weighted by molar-refractivity contribution is 6.28. The van der Waals surface area contributed by atoms with E-state index < -0.39 is 5.82 Å². The Hall–Kier alpha value is -1.18. The van der Waals surface area contributed by atoms with Crippen LogP contribution in [0, 0.1) is 5.82 Å². The number of nitrogens with zero attached hydrogens (tertiary/aromatic N) is 4. The maximum Gasteiger partial charge on any atom is 0.226 e. The molecule has 0 aliphatic carbocycles. The Balaban J connectivity index is 2.39. The maximum absolute atomic E-state index is 14.3. The van der Waals surface area contributed by atoms with Crippen LogP contribution in [0.5, 0.6) is 0 Å². The lowest BCUT2D eigenvalue weighted by atomic mass is 10.1. The van der Waals surface area contributed by atoms with E-state index >= 15 is 0 Å². The zero-order valence-corrected chi connectivity index (χ0v) is 11.9. The van der Waals surface area contributed by atoms with Crippen LogP contribution in [0.3, 0.4) is 0 Å². The summed E-state index contributed by atoms with van der Waals surface area (Å²) in [5, 5.41) is -0.0249. The highest BCUT2D eigenvalue weighted by Gasteiger charge is 2.32. The molecule has 1 aromatic heterocycles. The average molecular weight is 289 g/mol. The lowest BCUT2D eigenvalue weighted by molar-refractivity contribution is 0.194. The van der Waals surface area contributed by atoms with E-state index in [1.54, 1.807) is 0 Å². The molecule has 2 heterocycles. The number of nitrogens with one attached hydrogen (secondary N) is 1. The number of hydrazine groups is 1. The summed E-state index contributed by atoms with van der Waals surface area (Å²) in [5.41, 5.74) is 2.20. The zero-order chi connectivity index (χ0) is 14.2. The largest absolute Gasteiger partial charge is 0.348 e. The molecule has 0 saturated carbocycles. The fourth-order valence-corrected chi connectivity index (χ4v) is 2.46. The first-order valence-corrected chi connectivity index (χ1v) is 6.50. The highest BCUT2D eigenvalue weighted by atomic mass is 35.5. The van der Waals surface area contributed by atoms with Crippen molar-refractivity contribution in [1.82, 2.24) is 14.9 Å². The number of hydrogen-bond acceptors (Lipinski definition) is 6. The molecule has 0 radical (unpaired) electrons. The van der Waals surface area contributed by atoms with E-state index in [0.29, 0.717) is 6.54 Å². The van der Waals surface area contributed by atoms with Gasteiger partial charge in [-0.2, -0.15) is 14.4 Å². The van der Waals surface area contributed by atoms with Crippen LogP contribution in [0.15, 0.2) is 0 Å². The van der Waals surface area contributed by atoms with Gasteiger partial charge in [-0.15, -0.1) is 0 Å². The third-order valence-electron chi connectivity index (χ3n) is 3.79. The van der Waals surface area contributed by atoms with Crippen molar-refractivity contribution in [2.24, 2.45) is 5.84 Å². The van der Waals surface area contributed by atoms with Crippen molar-refractivity contribution in [2.45, 2.75) is 25.9 Å². The van der Waals surface area contributed by atoms with E-state index in [1.165, 1.54) is 0 Å². The molecule has 0 spiro atoms. The van der Waals surface area contributed by atoms with E-state index in [-0.39, 0.29) is 29.0 Å². The minimum absolute atomic E-state index is 0.0249. The molecular weight excluding hydrogens is 271 g/mol. The summed E-state index contributed by atoms with van der Waals surface area (Å²) in [6.45, 7) is 5.64. The van der Waals surface area contributed by atoms with E-state index in [2.05, 4.69) is 34.3 Å². The van der Waals surface area contributed by atoms with Crippen molar-refractivity contribution in [2.75, 3.05) is 30.5 Å². The molecule has 0 unspecified atom stereocenters. The molecule has 0 aromatic carbocycles. The summed E-state index contributed by atoms with van der Waals surface area (Å²) in [7, 11) is 2.05. The summed E-state index contributed by atoms with van der Waals surface area (Å²) in [5.74, 6) is 4.77. The van der Waals surface area contributed by atoms with Crippen LogP contribution in [-0.2, 0) is 0 Å². The molecule has 106 valence electrons. The lowest BCUT2D eigenvalue weighted by Gasteiger charge is -2.44. The molecule has 0 amide bonds. The predicted molar refractivity (Wildman–Crippen MR) is 73.7 cm³/mol. The van der Waals surface area contributed by atoms with Crippen LogP contribution in [0.25, 0.3) is 0 Å². The Morgan fingerprint density at radius 2 is 2.00 bits per heavy atom. The van der Waals surface area contributed by atoms with Gasteiger partial charge >= 0.3 is 0 Å². The quantitative estimate of drug-likeness (QED) is 0.482. The Morgan fingerprint density at radius 1 is 1.32 bits per heavy atom. The van der Waals surface area contributed by atoms with Crippen LogP contribution in [0.1, 0.15) is 13.8 Å². The van der Waals surface area contributed by atoms with Gasteiger partial charge in [0.15, 0.2) is 11.6 Å². The maximum atomic E-state index is 14.3. The molecule has 2 atom stereocenters. The van der Waals surface area contributed by atoms with Gasteiger partial charge in [-0.05, 0) is 32.5 Å². The molecule has 1 saturated heterocycles. The van der Waals surface area contributed by atoms with Crippen LogP contribution in [0.2, 0.25) is 5.28 Å². The Labute approximate surface area is 116 Å². The van der Waals surface area contributed by atoms with Gasteiger partial charge in [-0.3, -0.25) is 4.90 Å². The fourth-order valence-electron chi connectivity index (χ4n) is 2.29. The van der Waals surface area contributed by atoms with Crippen molar-refractivity contribution in [3.8, 4) is 0 Å². The number of rotatable bonds is 2. The van der Waals surface area contributed by atoms with Crippen LogP contribution < -0.4 is 16.2 Å². The third-order valence-corrected chi connectivity index (χ3v) is 3.96. The first kappa shape index (κ1) is 14.2. The first-order chi connectivity index (χ1) is 8.95. The molecule has 8 heteroatoms. The molecule has 3 N–H and O–H groups in total. The van der Waals surface area contributed by atoms with E-state index in [4.69, 9.17) is 17.4 Å². The number of anilines is 2. The fraction of sp³-hybridized carbons (Fsp3) is 0.636. The molecule has 1 aliphatic heterocycles. The minimum Gasteiger partial charge on any atom is -0.348 e. The van der Waals surface area contributed by atoms with E-state index in [1.807, 2.05) is 11.8 Å². The molecule has 2 rings (SSSR count). The van der Waals surface area contributed by atoms with Crippen molar-refractivity contribution >= 4 is 23.2 Å². The van der Waals surface area contributed by atoms with Gasteiger partial charge < -0.3 is 10.3 Å². The zero-order valence-electron chi connectivity index (χ0n) is 11.2. The predicted octanol–water partition coefficient (Wildman–Crippen LogP) is 1.08. The van der Waals surface area contributed by atoms with Crippen molar-refractivity contribution in [3.05, 3.63) is 11.1 Å². The monoisotopic (exact) mass is 288 g/mol. The summed E-state index contributed by atoms with van der Waals surface area (Å²) in [6, 6.07) is 0.404. The molecule has 6 nitrogen and oxygen atoms in total. The van der Waals surface area contributed by atoms with Gasteiger partial charge in [0.05, 0.1) is 0 Å². The normalized spacial score (nSPS) is 24.6. The van der Waals surface area contributed by atoms with Gasteiger partial charge in [-0.25, -0.2) is 5.84 Å². The average Bonchev–Trinajstić information content (AvgIpc) is 2.39. The van der Waals surface area contributed by atoms with Gasteiger partial charge in [0, 0.05) is 25.2 Å². The van der Waals surface area contributed by atoms with Crippen molar-refractivity contribution in [1.29, 1.82) is 0 Å². The van der Waals surface area contributed by atoms with E-state index in [0.717, 1.165) is 6.54 Å². The number of nitrogen functional groups attached to an aromatic ring is 1. The molecule has 0 bridgehead atoms. The first-order valence-electron chi connectivity index (χ1n) is 6.12.